The Morgan fingerprint density at radius 2 is 1.23 bits per heavy atom. The molecule has 0 saturated heterocycles. The quantitative estimate of drug-likeness (QED) is 0.427. The largest absolute Gasteiger partial charge is 0.493 e. The Bertz CT molecular complexity index is 802. The molecule has 138 valence electrons. The van der Waals surface area contributed by atoms with Gasteiger partial charge < -0.3 is 23.7 Å². The van der Waals surface area contributed by atoms with Crippen LogP contribution in [0.1, 0.15) is 22.8 Å². The lowest BCUT2D eigenvalue weighted by molar-refractivity contribution is -0.132. The van der Waals surface area contributed by atoms with E-state index in [0.29, 0.717) is 34.1 Å². The number of methoxy groups -OCH3 is 4. The third kappa shape index (κ3) is 3.88. The van der Waals surface area contributed by atoms with Crippen LogP contribution in [-0.2, 0) is 4.79 Å². The SMILES string of the molecule is COc1ccc(C(=O)c2cc(OC)c(OC)c(OC)c2)cc1OC(C)=O. The molecule has 0 atom stereocenters. The number of hydrogen-bond acceptors (Lipinski definition) is 7. The molecule has 2 rings (SSSR count). The number of rotatable bonds is 7. The first-order valence-electron chi connectivity index (χ1n) is 7.66. The van der Waals surface area contributed by atoms with Crippen LogP contribution < -0.4 is 23.7 Å². The summed E-state index contributed by atoms with van der Waals surface area (Å²) in [6.45, 7) is 1.27. The van der Waals surface area contributed by atoms with Gasteiger partial charge in [0.25, 0.3) is 0 Å². The topological polar surface area (TPSA) is 80.3 Å². The van der Waals surface area contributed by atoms with E-state index in [-0.39, 0.29) is 11.5 Å². The molecule has 0 bridgehead atoms. The van der Waals surface area contributed by atoms with Crippen molar-refractivity contribution in [2.45, 2.75) is 6.92 Å². The van der Waals surface area contributed by atoms with Crippen molar-refractivity contribution in [3.8, 4) is 28.7 Å². The summed E-state index contributed by atoms with van der Waals surface area (Å²) in [5.74, 6) is 0.815. The van der Waals surface area contributed by atoms with Crippen molar-refractivity contribution < 1.29 is 33.3 Å². The molecule has 0 aliphatic carbocycles. The average Bonchev–Trinajstić information content (AvgIpc) is 2.65. The number of carbonyl (C=O) groups excluding carboxylic acids is 2. The van der Waals surface area contributed by atoms with Crippen molar-refractivity contribution in [2.75, 3.05) is 28.4 Å². The lowest BCUT2D eigenvalue weighted by Gasteiger charge is -2.14. The van der Waals surface area contributed by atoms with Crippen molar-refractivity contribution in [3.05, 3.63) is 41.5 Å². The maximum absolute atomic E-state index is 12.9. The van der Waals surface area contributed by atoms with Gasteiger partial charge in [0.1, 0.15) is 0 Å². The van der Waals surface area contributed by atoms with Gasteiger partial charge in [-0.05, 0) is 30.3 Å². The highest BCUT2D eigenvalue weighted by Gasteiger charge is 2.19. The van der Waals surface area contributed by atoms with Crippen LogP contribution in [0.5, 0.6) is 28.7 Å². The number of ether oxygens (including phenoxy) is 5. The Kier molecular flexibility index (Phi) is 6.06. The van der Waals surface area contributed by atoms with Crippen molar-refractivity contribution in [1.29, 1.82) is 0 Å². The summed E-state index contributed by atoms with van der Waals surface area (Å²) in [4.78, 5) is 24.1. The highest BCUT2D eigenvalue weighted by molar-refractivity contribution is 6.10. The van der Waals surface area contributed by atoms with E-state index in [1.165, 1.54) is 41.4 Å². The van der Waals surface area contributed by atoms with E-state index in [1.807, 2.05) is 0 Å². The van der Waals surface area contributed by atoms with Crippen LogP contribution in [-0.4, -0.2) is 40.2 Å². The van der Waals surface area contributed by atoms with E-state index < -0.39 is 5.97 Å². The minimum Gasteiger partial charge on any atom is -0.493 e. The predicted molar refractivity (Wildman–Crippen MR) is 93.8 cm³/mol. The van der Waals surface area contributed by atoms with Gasteiger partial charge in [-0.1, -0.05) is 0 Å². The summed E-state index contributed by atoms with van der Waals surface area (Å²) < 4.78 is 26.0. The summed E-state index contributed by atoms with van der Waals surface area (Å²) in [5, 5.41) is 0. The lowest BCUT2D eigenvalue weighted by Crippen LogP contribution is -2.07. The zero-order chi connectivity index (χ0) is 19.3. The highest BCUT2D eigenvalue weighted by Crippen LogP contribution is 2.39. The molecule has 2 aromatic rings. The van der Waals surface area contributed by atoms with Gasteiger partial charge in [0.05, 0.1) is 28.4 Å². The van der Waals surface area contributed by atoms with Gasteiger partial charge in [0.15, 0.2) is 28.8 Å². The first-order valence-corrected chi connectivity index (χ1v) is 7.66. The molecule has 2 aromatic carbocycles. The predicted octanol–water partition coefficient (Wildman–Crippen LogP) is 2.88. The molecular formula is C19H20O7. The number of esters is 1. The Hall–Kier alpha value is -3.22. The van der Waals surface area contributed by atoms with Gasteiger partial charge in [0, 0.05) is 18.1 Å². The molecular weight excluding hydrogens is 340 g/mol. The molecule has 0 saturated carbocycles. The fourth-order valence-electron chi connectivity index (χ4n) is 2.43. The van der Waals surface area contributed by atoms with Gasteiger partial charge >= 0.3 is 5.97 Å². The number of ketones is 1. The van der Waals surface area contributed by atoms with Crippen molar-refractivity contribution in [1.82, 2.24) is 0 Å². The van der Waals surface area contributed by atoms with Gasteiger partial charge in [-0.25, -0.2) is 0 Å². The fourth-order valence-corrected chi connectivity index (χ4v) is 2.43. The maximum Gasteiger partial charge on any atom is 0.308 e. The molecule has 0 radical (unpaired) electrons. The van der Waals surface area contributed by atoms with E-state index in [9.17, 15) is 9.59 Å². The Morgan fingerprint density at radius 3 is 1.69 bits per heavy atom. The summed E-state index contributed by atoms with van der Waals surface area (Å²) in [6.07, 6.45) is 0. The number of hydrogen-bond donors (Lipinski definition) is 0. The molecule has 0 aromatic heterocycles. The van der Waals surface area contributed by atoms with Crippen LogP contribution in [0, 0.1) is 0 Å². The molecule has 0 aliphatic rings. The molecule has 26 heavy (non-hydrogen) atoms. The summed E-state index contributed by atoms with van der Waals surface area (Å²) in [7, 11) is 5.87. The van der Waals surface area contributed by atoms with Crippen LogP contribution in [0.25, 0.3) is 0 Å². The van der Waals surface area contributed by atoms with Crippen molar-refractivity contribution >= 4 is 11.8 Å². The normalized spacial score (nSPS) is 10.0. The van der Waals surface area contributed by atoms with E-state index in [0.717, 1.165) is 0 Å². The van der Waals surface area contributed by atoms with Crippen LogP contribution >= 0.6 is 0 Å². The molecule has 0 N–H and O–H groups in total. The van der Waals surface area contributed by atoms with E-state index in [1.54, 1.807) is 24.3 Å². The van der Waals surface area contributed by atoms with E-state index in [4.69, 9.17) is 23.7 Å². The lowest BCUT2D eigenvalue weighted by atomic mass is 10.0. The van der Waals surface area contributed by atoms with Gasteiger partial charge in [-0.15, -0.1) is 0 Å². The molecule has 0 unspecified atom stereocenters. The fraction of sp³-hybridized carbons (Fsp3) is 0.263. The molecule has 0 spiro atoms. The summed E-state index contributed by atoms with van der Waals surface area (Å²) in [6, 6.07) is 7.70. The molecule has 7 nitrogen and oxygen atoms in total. The standard InChI is InChI=1S/C19H20O7/c1-11(20)26-15-8-12(6-7-14(15)22-2)18(21)13-9-16(23-3)19(25-5)17(10-13)24-4/h6-10H,1-5H3. The van der Waals surface area contributed by atoms with Crippen molar-refractivity contribution in [2.24, 2.45) is 0 Å². The van der Waals surface area contributed by atoms with Crippen LogP contribution in [0.3, 0.4) is 0 Å². The van der Waals surface area contributed by atoms with Crippen molar-refractivity contribution in [3.63, 3.8) is 0 Å². The minimum atomic E-state index is -0.513. The Labute approximate surface area is 151 Å². The first kappa shape index (κ1) is 19.1. The molecule has 0 amide bonds. The van der Waals surface area contributed by atoms with Gasteiger partial charge in [-0.2, -0.15) is 0 Å². The summed E-state index contributed by atoms with van der Waals surface area (Å²) >= 11 is 0. The second-order valence-corrected chi connectivity index (χ2v) is 5.20. The summed E-state index contributed by atoms with van der Waals surface area (Å²) in [5.41, 5.74) is 0.648. The van der Waals surface area contributed by atoms with Crippen LogP contribution in [0.4, 0.5) is 0 Å². The number of carbonyl (C=O) groups is 2. The maximum atomic E-state index is 12.9. The second kappa shape index (κ2) is 8.24. The second-order valence-electron chi connectivity index (χ2n) is 5.20. The van der Waals surface area contributed by atoms with Gasteiger partial charge in [-0.3, -0.25) is 9.59 Å². The minimum absolute atomic E-state index is 0.165. The molecule has 7 heteroatoms. The van der Waals surface area contributed by atoms with Crippen LogP contribution in [0.2, 0.25) is 0 Å². The monoisotopic (exact) mass is 360 g/mol. The zero-order valence-electron chi connectivity index (χ0n) is 15.2. The third-order valence-electron chi connectivity index (χ3n) is 3.61. The van der Waals surface area contributed by atoms with E-state index >= 15 is 0 Å². The Balaban J connectivity index is 2.50. The highest BCUT2D eigenvalue weighted by atomic mass is 16.6. The smallest absolute Gasteiger partial charge is 0.308 e. The molecule has 0 heterocycles. The van der Waals surface area contributed by atoms with Gasteiger partial charge in [0.2, 0.25) is 5.75 Å². The van der Waals surface area contributed by atoms with E-state index in [2.05, 4.69) is 0 Å². The molecule has 0 fully saturated rings. The zero-order valence-corrected chi connectivity index (χ0v) is 15.2. The first-order chi connectivity index (χ1) is 12.4. The number of benzene rings is 2. The van der Waals surface area contributed by atoms with Crippen LogP contribution in [0.15, 0.2) is 30.3 Å². The average molecular weight is 360 g/mol. The molecule has 0 aliphatic heterocycles. The third-order valence-corrected chi connectivity index (χ3v) is 3.61. The Morgan fingerprint density at radius 1 is 0.692 bits per heavy atom.